The number of guanidine groups is 1. The van der Waals surface area contributed by atoms with Crippen LogP contribution >= 0.6 is 24.0 Å². The maximum absolute atomic E-state index is 13.2. The molecule has 3 rings (SSSR count). The van der Waals surface area contributed by atoms with Crippen LogP contribution < -0.4 is 15.5 Å². The normalized spacial score (nSPS) is 15.0. The smallest absolute Gasteiger partial charge is 0.225 e. The highest BCUT2D eigenvalue weighted by Crippen LogP contribution is 2.09. The van der Waals surface area contributed by atoms with Gasteiger partial charge in [0.15, 0.2) is 5.96 Å². The van der Waals surface area contributed by atoms with Gasteiger partial charge in [0.1, 0.15) is 5.82 Å². The van der Waals surface area contributed by atoms with Crippen molar-refractivity contribution in [3.8, 4) is 0 Å². The SMILES string of the molecule is CN=C(NCCCN1CCN(c2ncccn2)CC1)NCc1cccc(F)c1.I. The Labute approximate surface area is 188 Å². The van der Waals surface area contributed by atoms with E-state index in [-0.39, 0.29) is 29.8 Å². The molecule has 1 aliphatic heterocycles. The molecule has 0 spiro atoms. The fourth-order valence-electron chi connectivity index (χ4n) is 3.19. The van der Waals surface area contributed by atoms with E-state index in [2.05, 4.69) is 35.4 Å². The van der Waals surface area contributed by atoms with E-state index in [4.69, 9.17) is 0 Å². The van der Waals surface area contributed by atoms with Gasteiger partial charge in [0.05, 0.1) is 0 Å². The van der Waals surface area contributed by atoms with Crippen molar-refractivity contribution >= 4 is 35.9 Å². The van der Waals surface area contributed by atoms with E-state index >= 15 is 0 Å². The van der Waals surface area contributed by atoms with Gasteiger partial charge >= 0.3 is 0 Å². The van der Waals surface area contributed by atoms with Gasteiger partial charge in [-0.1, -0.05) is 12.1 Å². The van der Waals surface area contributed by atoms with Crippen LogP contribution in [0.4, 0.5) is 10.3 Å². The summed E-state index contributed by atoms with van der Waals surface area (Å²) in [5.41, 5.74) is 0.892. The maximum Gasteiger partial charge on any atom is 0.225 e. The number of rotatable bonds is 7. The number of nitrogens with one attached hydrogen (secondary N) is 2. The van der Waals surface area contributed by atoms with Crippen molar-refractivity contribution in [3.05, 3.63) is 54.1 Å². The van der Waals surface area contributed by atoms with Crippen molar-refractivity contribution in [3.63, 3.8) is 0 Å². The third-order valence-corrected chi connectivity index (χ3v) is 4.72. The van der Waals surface area contributed by atoms with E-state index in [1.54, 1.807) is 25.5 Å². The lowest BCUT2D eigenvalue weighted by atomic mass is 10.2. The minimum absolute atomic E-state index is 0. The Hall–Kier alpha value is -2.01. The van der Waals surface area contributed by atoms with Crippen molar-refractivity contribution in [2.75, 3.05) is 51.2 Å². The zero-order valence-corrected chi connectivity index (χ0v) is 19.1. The number of hydrogen-bond acceptors (Lipinski definition) is 5. The molecular weight excluding hydrogens is 484 g/mol. The molecule has 29 heavy (non-hydrogen) atoms. The Kier molecular flexibility index (Phi) is 10.1. The predicted octanol–water partition coefficient (Wildman–Crippen LogP) is 2.11. The highest BCUT2D eigenvalue weighted by molar-refractivity contribution is 14.0. The van der Waals surface area contributed by atoms with Crippen LogP contribution in [0.1, 0.15) is 12.0 Å². The zero-order valence-electron chi connectivity index (χ0n) is 16.7. The molecule has 1 aliphatic rings. The lowest BCUT2D eigenvalue weighted by Crippen LogP contribution is -2.47. The molecule has 1 saturated heterocycles. The highest BCUT2D eigenvalue weighted by Gasteiger charge is 2.18. The first-order valence-electron chi connectivity index (χ1n) is 9.68. The van der Waals surface area contributed by atoms with Gasteiger partial charge in [0, 0.05) is 58.7 Å². The van der Waals surface area contributed by atoms with Gasteiger partial charge in [-0.2, -0.15) is 0 Å². The second-order valence-corrected chi connectivity index (χ2v) is 6.71. The Bertz CT molecular complexity index is 752. The number of aromatic nitrogens is 2. The summed E-state index contributed by atoms with van der Waals surface area (Å²) in [6.45, 7) is 6.36. The number of aliphatic imine (C=N–C) groups is 1. The van der Waals surface area contributed by atoms with Crippen LogP contribution in [0.25, 0.3) is 0 Å². The summed E-state index contributed by atoms with van der Waals surface area (Å²) in [6.07, 6.45) is 4.60. The largest absolute Gasteiger partial charge is 0.356 e. The molecule has 2 aromatic rings. The quantitative estimate of drug-likeness (QED) is 0.256. The lowest BCUT2D eigenvalue weighted by molar-refractivity contribution is 0.254. The molecule has 2 heterocycles. The summed E-state index contributed by atoms with van der Waals surface area (Å²) in [5, 5.41) is 6.53. The van der Waals surface area contributed by atoms with E-state index in [0.29, 0.717) is 6.54 Å². The monoisotopic (exact) mass is 513 g/mol. The molecule has 158 valence electrons. The van der Waals surface area contributed by atoms with E-state index in [1.165, 1.54) is 12.1 Å². The molecule has 0 unspecified atom stereocenters. The van der Waals surface area contributed by atoms with Gasteiger partial charge in [0.25, 0.3) is 0 Å². The van der Waals surface area contributed by atoms with Crippen LogP contribution in [0.3, 0.4) is 0 Å². The van der Waals surface area contributed by atoms with Gasteiger partial charge in [-0.15, -0.1) is 24.0 Å². The second kappa shape index (κ2) is 12.5. The molecule has 9 heteroatoms. The Balaban J connectivity index is 0.00000300. The van der Waals surface area contributed by atoms with Crippen LogP contribution in [-0.2, 0) is 6.54 Å². The number of nitrogens with zero attached hydrogens (tertiary/aromatic N) is 5. The molecule has 7 nitrogen and oxygen atoms in total. The van der Waals surface area contributed by atoms with Crippen molar-refractivity contribution in [2.45, 2.75) is 13.0 Å². The van der Waals surface area contributed by atoms with Gasteiger partial charge in [-0.25, -0.2) is 14.4 Å². The van der Waals surface area contributed by atoms with Crippen molar-refractivity contribution in [1.82, 2.24) is 25.5 Å². The number of benzene rings is 1. The molecule has 1 fully saturated rings. The van der Waals surface area contributed by atoms with Gasteiger partial charge in [-0.05, 0) is 36.7 Å². The van der Waals surface area contributed by atoms with Crippen molar-refractivity contribution in [1.29, 1.82) is 0 Å². The average Bonchev–Trinajstić information content (AvgIpc) is 2.74. The standard InChI is InChI=1S/C20H28FN7.HI/c1-22-19(26-16-17-5-2-6-18(21)15-17)23-9-4-10-27-11-13-28(14-12-27)20-24-7-3-8-25-20;/h2-3,5-8,15H,4,9-14,16H2,1H3,(H2,22,23,26);1H. The third kappa shape index (κ3) is 7.73. The molecule has 0 aliphatic carbocycles. The Morgan fingerprint density at radius 2 is 1.86 bits per heavy atom. The third-order valence-electron chi connectivity index (χ3n) is 4.72. The van der Waals surface area contributed by atoms with E-state index in [9.17, 15) is 4.39 Å². The van der Waals surface area contributed by atoms with Gasteiger partial charge in [0.2, 0.25) is 5.95 Å². The first-order valence-corrected chi connectivity index (χ1v) is 9.68. The molecule has 2 N–H and O–H groups in total. The summed E-state index contributed by atoms with van der Waals surface area (Å²) < 4.78 is 13.2. The van der Waals surface area contributed by atoms with Crippen LogP contribution in [-0.4, -0.2) is 67.1 Å². The number of hydrogen-bond donors (Lipinski definition) is 2. The summed E-state index contributed by atoms with van der Waals surface area (Å²) in [5.74, 6) is 1.33. The first kappa shape index (κ1) is 23.3. The zero-order chi connectivity index (χ0) is 19.6. The van der Waals surface area contributed by atoms with Crippen LogP contribution in [0.15, 0.2) is 47.7 Å². The fraction of sp³-hybridized carbons (Fsp3) is 0.450. The van der Waals surface area contributed by atoms with Gasteiger partial charge < -0.3 is 15.5 Å². The second-order valence-electron chi connectivity index (χ2n) is 6.71. The van der Waals surface area contributed by atoms with Crippen molar-refractivity contribution in [2.24, 2.45) is 4.99 Å². The molecule has 0 bridgehead atoms. The van der Waals surface area contributed by atoms with Crippen LogP contribution in [0.5, 0.6) is 0 Å². The number of anilines is 1. The molecule has 1 aromatic heterocycles. The molecule has 0 saturated carbocycles. The molecule has 0 radical (unpaired) electrons. The first-order chi connectivity index (χ1) is 13.7. The maximum atomic E-state index is 13.2. The summed E-state index contributed by atoms with van der Waals surface area (Å²) >= 11 is 0. The number of halogens is 2. The van der Waals surface area contributed by atoms with Gasteiger partial charge in [-0.3, -0.25) is 9.89 Å². The lowest BCUT2D eigenvalue weighted by Gasteiger charge is -2.34. The van der Waals surface area contributed by atoms with E-state index in [1.807, 2.05) is 12.1 Å². The molecule has 1 aromatic carbocycles. The molecule has 0 atom stereocenters. The summed E-state index contributed by atoms with van der Waals surface area (Å²) in [6, 6.07) is 8.42. The Morgan fingerprint density at radius 1 is 1.10 bits per heavy atom. The molecular formula is C20H29FIN7. The van der Waals surface area contributed by atoms with Crippen LogP contribution in [0, 0.1) is 5.82 Å². The average molecular weight is 513 g/mol. The summed E-state index contributed by atoms with van der Waals surface area (Å²) in [4.78, 5) is 17.6. The topological polar surface area (TPSA) is 68.7 Å². The Morgan fingerprint density at radius 3 is 2.55 bits per heavy atom. The number of piperazine rings is 1. The minimum Gasteiger partial charge on any atom is -0.356 e. The summed E-state index contributed by atoms with van der Waals surface area (Å²) in [7, 11) is 1.74. The predicted molar refractivity (Wildman–Crippen MR) is 125 cm³/mol. The molecule has 0 amide bonds. The fourth-order valence-corrected chi connectivity index (χ4v) is 3.19. The van der Waals surface area contributed by atoms with Crippen LogP contribution in [0.2, 0.25) is 0 Å². The van der Waals surface area contributed by atoms with E-state index in [0.717, 1.165) is 63.2 Å². The minimum atomic E-state index is -0.221. The highest BCUT2D eigenvalue weighted by atomic mass is 127. The van der Waals surface area contributed by atoms with Crippen molar-refractivity contribution < 1.29 is 4.39 Å². The van der Waals surface area contributed by atoms with E-state index < -0.39 is 0 Å².